The van der Waals surface area contributed by atoms with E-state index in [1.165, 1.54) is 4.90 Å². The van der Waals surface area contributed by atoms with Crippen LogP contribution in [0.4, 0.5) is 5.69 Å². The van der Waals surface area contributed by atoms with Gasteiger partial charge < -0.3 is 15.2 Å². The molecule has 2 amide bonds. The number of carbonyl (C=O) groups excluding carboxylic acids is 2. The maximum absolute atomic E-state index is 12.3. The first kappa shape index (κ1) is 16.3. The maximum Gasteiger partial charge on any atom is 0.240 e. The van der Waals surface area contributed by atoms with Crippen LogP contribution in [0.1, 0.15) is 38.4 Å². The quantitative estimate of drug-likeness (QED) is 0.861. The zero-order valence-electron chi connectivity index (χ0n) is 13.0. The average Bonchev–Trinajstić information content (AvgIpc) is 2.64. The summed E-state index contributed by atoms with van der Waals surface area (Å²) in [5, 5.41) is 12.5. The summed E-state index contributed by atoms with van der Waals surface area (Å²) in [6, 6.07) is 5.19. The molecule has 22 heavy (non-hydrogen) atoms. The van der Waals surface area contributed by atoms with E-state index in [1.807, 2.05) is 6.92 Å². The van der Waals surface area contributed by atoms with Gasteiger partial charge in [0.1, 0.15) is 12.3 Å². The molecule has 1 unspecified atom stereocenters. The molecule has 0 saturated heterocycles. The number of fused-ring (bicyclic) bond motifs is 1. The Bertz CT molecular complexity index is 557. The number of ether oxygens (including phenoxy) is 1. The lowest BCUT2D eigenvalue weighted by molar-refractivity contribution is -0.123. The summed E-state index contributed by atoms with van der Waals surface area (Å²) in [4.78, 5) is 25.7. The van der Waals surface area contributed by atoms with Crippen LogP contribution in [0.25, 0.3) is 0 Å². The molecule has 0 bridgehead atoms. The molecule has 6 nitrogen and oxygen atoms in total. The number of hydrogen-bond donors (Lipinski definition) is 2. The SMILES string of the molecule is CCCNC(=O)CN1C(=O)CCOc2ccc(C(C)O)cc21. The maximum atomic E-state index is 12.3. The van der Waals surface area contributed by atoms with E-state index < -0.39 is 6.10 Å². The zero-order valence-corrected chi connectivity index (χ0v) is 13.0. The molecule has 2 N–H and O–H groups in total. The molecule has 0 radical (unpaired) electrons. The number of carbonyl (C=O) groups is 2. The summed E-state index contributed by atoms with van der Waals surface area (Å²) >= 11 is 0. The number of aliphatic hydroxyl groups excluding tert-OH is 1. The van der Waals surface area contributed by atoms with Gasteiger partial charge in [-0.2, -0.15) is 0 Å². The number of benzene rings is 1. The van der Waals surface area contributed by atoms with Crippen LogP contribution in [0.3, 0.4) is 0 Å². The fourth-order valence-electron chi connectivity index (χ4n) is 2.28. The molecule has 1 heterocycles. The van der Waals surface area contributed by atoms with E-state index in [-0.39, 0.29) is 31.4 Å². The largest absolute Gasteiger partial charge is 0.491 e. The fraction of sp³-hybridized carbons (Fsp3) is 0.500. The molecule has 2 rings (SSSR count). The van der Waals surface area contributed by atoms with Crippen molar-refractivity contribution in [1.82, 2.24) is 5.32 Å². The predicted molar refractivity (Wildman–Crippen MR) is 82.8 cm³/mol. The van der Waals surface area contributed by atoms with E-state index in [2.05, 4.69) is 5.32 Å². The van der Waals surface area contributed by atoms with Crippen molar-refractivity contribution in [3.8, 4) is 5.75 Å². The van der Waals surface area contributed by atoms with Crippen LogP contribution < -0.4 is 15.0 Å². The minimum absolute atomic E-state index is 0.0432. The van der Waals surface area contributed by atoms with Gasteiger partial charge in [0.15, 0.2) is 0 Å². The molecule has 0 spiro atoms. The van der Waals surface area contributed by atoms with Gasteiger partial charge in [0.2, 0.25) is 11.8 Å². The van der Waals surface area contributed by atoms with Gasteiger partial charge in [-0.1, -0.05) is 13.0 Å². The van der Waals surface area contributed by atoms with Gasteiger partial charge in [-0.05, 0) is 31.0 Å². The number of anilines is 1. The number of aliphatic hydroxyl groups is 1. The first-order chi connectivity index (χ1) is 10.5. The van der Waals surface area contributed by atoms with E-state index in [0.717, 1.165) is 6.42 Å². The molecule has 0 saturated carbocycles. The number of amides is 2. The number of hydrogen-bond acceptors (Lipinski definition) is 4. The Morgan fingerprint density at radius 3 is 2.95 bits per heavy atom. The lowest BCUT2D eigenvalue weighted by Gasteiger charge is -2.22. The first-order valence-electron chi connectivity index (χ1n) is 7.54. The minimum Gasteiger partial charge on any atom is -0.491 e. The topological polar surface area (TPSA) is 78.9 Å². The summed E-state index contributed by atoms with van der Waals surface area (Å²) < 4.78 is 5.57. The van der Waals surface area contributed by atoms with Crippen molar-refractivity contribution in [2.75, 3.05) is 24.6 Å². The molecular weight excluding hydrogens is 284 g/mol. The monoisotopic (exact) mass is 306 g/mol. The molecule has 1 aliphatic heterocycles. The van der Waals surface area contributed by atoms with E-state index in [0.29, 0.717) is 23.5 Å². The van der Waals surface area contributed by atoms with Gasteiger partial charge in [0, 0.05) is 6.54 Å². The van der Waals surface area contributed by atoms with Crippen molar-refractivity contribution in [1.29, 1.82) is 0 Å². The third-order valence-corrected chi connectivity index (χ3v) is 3.50. The molecule has 0 aromatic heterocycles. The van der Waals surface area contributed by atoms with Crippen LogP contribution in [0, 0.1) is 0 Å². The second kappa shape index (κ2) is 7.26. The summed E-state index contributed by atoms with van der Waals surface area (Å²) in [7, 11) is 0. The molecule has 0 fully saturated rings. The summed E-state index contributed by atoms with van der Waals surface area (Å²) in [5.41, 5.74) is 1.21. The Balaban J connectivity index is 2.29. The predicted octanol–water partition coefficient (Wildman–Crippen LogP) is 1.38. The highest BCUT2D eigenvalue weighted by Gasteiger charge is 2.25. The van der Waals surface area contributed by atoms with Gasteiger partial charge in [0.05, 0.1) is 24.8 Å². The van der Waals surface area contributed by atoms with E-state index in [1.54, 1.807) is 25.1 Å². The van der Waals surface area contributed by atoms with Gasteiger partial charge >= 0.3 is 0 Å². The fourth-order valence-corrected chi connectivity index (χ4v) is 2.28. The van der Waals surface area contributed by atoms with Crippen LogP contribution in [0.15, 0.2) is 18.2 Å². The van der Waals surface area contributed by atoms with Crippen molar-refractivity contribution < 1.29 is 19.4 Å². The third-order valence-electron chi connectivity index (χ3n) is 3.50. The van der Waals surface area contributed by atoms with E-state index >= 15 is 0 Å². The molecule has 1 aliphatic rings. The zero-order chi connectivity index (χ0) is 16.1. The molecule has 1 atom stereocenters. The van der Waals surface area contributed by atoms with Crippen molar-refractivity contribution in [2.45, 2.75) is 32.8 Å². The highest BCUT2D eigenvalue weighted by atomic mass is 16.5. The van der Waals surface area contributed by atoms with Crippen molar-refractivity contribution in [2.24, 2.45) is 0 Å². The lowest BCUT2D eigenvalue weighted by Crippen LogP contribution is -2.40. The normalized spacial score (nSPS) is 15.6. The lowest BCUT2D eigenvalue weighted by atomic mass is 10.1. The minimum atomic E-state index is -0.653. The smallest absolute Gasteiger partial charge is 0.240 e. The molecule has 1 aromatic carbocycles. The average molecular weight is 306 g/mol. The highest BCUT2D eigenvalue weighted by Crippen LogP contribution is 2.33. The number of nitrogens with one attached hydrogen (secondary N) is 1. The van der Waals surface area contributed by atoms with Gasteiger partial charge in [0.25, 0.3) is 0 Å². The summed E-state index contributed by atoms with van der Waals surface area (Å²) in [6.07, 6.45) is 0.408. The Hall–Kier alpha value is -2.08. The summed E-state index contributed by atoms with van der Waals surface area (Å²) in [6.45, 7) is 4.44. The second-order valence-corrected chi connectivity index (χ2v) is 5.33. The molecule has 1 aromatic rings. The number of rotatable bonds is 5. The van der Waals surface area contributed by atoms with Gasteiger partial charge in [-0.3, -0.25) is 14.5 Å². The van der Waals surface area contributed by atoms with Crippen LogP contribution in [-0.2, 0) is 9.59 Å². The van der Waals surface area contributed by atoms with Gasteiger partial charge in [-0.25, -0.2) is 0 Å². The number of nitrogens with zero attached hydrogens (tertiary/aromatic N) is 1. The molecule has 0 aliphatic carbocycles. The van der Waals surface area contributed by atoms with Crippen molar-refractivity contribution >= 4 is 17.5 Å². The molecule has 120 valence electrons. The van der Waals surface area contributed by atoms with Crippen molar-refractivity contribution in [3.05, 3.63) is 23.8 Å². The van der Waals surface area contributed by atoms with E-state index in [4.69, 9.17) is 4.74 Å². The molecule has 6 heteroatoms. The van der Waals surface area contributed by atoms with Crippen molar-refractivity contribution in [3.63, 3.8) is 0 Å². The standard InChI is InChI=1S/C16H22N2O4/c1-3-7-17-15(20)10-18-13-9-12(11(2)19)4-5-14(13)22-8-6-16(18)21/h4-5,9,11,19H,3,6-8,10H2,1-2H3,(H,17,20). The van der Waals surface area contributed by atoms with Crippen LogP contribution in [0.2, 0.25) is 0 Å². The van der Waals surface area contributed by atoms with Crippen LogP contribution >= 0.6 is 0 Å². The Kier molecular flexibility index (Phi) is 5.38. The van der Waals surface area contributed by atoms with Crippen LogP contribution in [0.5, 0.6) is 5.75 Å². The second-order valence-electron chi connectivity index (χ2n) is 5.33. The first-order valence-corrected chi connectivity index (χ1v) is 7.54. The van der Waals surface area contributed by atoms with Crippen LogP contribution in [-0.4, -0.2) is 36.6 Å². The van der Waals surface area contributed by atoms with E-state index in [9.17, 15) is 14.7 Å². The summed E-state index contributed by atoms with van der Waals surface area (Å²) in [5.74, 6) is 0.192. The van der Waals surface area contributed by atoms with Gasteiger partial charge in [-0.15, -0.1) is 0 Å². The molecular formula is C16H22N2O4. The Morgan fingerprint density at radius 1 is 1.50 bits per heavy atom. The third kappa shape index (κ3) is 3.76. The highest BCUT2D eigenvalue weighted by molar-refractivity contribution is 6.00. The Labute approximate surface area is 130 Å². The Morgan fingerprint density at radius 2 is 2.27 bits per heavy atom.